The summed E-state index contributed by atoms with van der Waals surface area (Å²) in [6.45, 7) is 3.64. The molecule has 3 rings (SSSR count). The molecule has 0 aliphatic rings. The number of aryl methyl sites for hydroxylation is 1. The number of hydrogen-bond donors (Lipinski definition) is 1. The first-order chi connectivity index (χ1) is 14.9. The molecule has 1 N–H and O–H groups in total. The van der Waals surface area contributed by atoms with Gasteiger partial charge in [-0.25, -0.2) is 10.2 Å². The molecule has 0 aliphatic carbocycles. The molecule has 1 amide bonds. The Morgan fingerprint density at radius 2 is 1.84 bits per heavy atom. The standard InChI is InChI=1S/C22H19N3O6/c1-3-30-22(27)16-8-6-15(7-9-16)20-11-10-18(31-20)13-23-24-21(26)17-5-4-14(2)19(12-17)25(28)29/h4-13H,3H2,1-2H3,(H,24,26)/b23-13+. The minimum absolute atomic E-state index is 0.122. The number of nitro groups is 1. The van der Waals surface area contributed by atoms with Gasteiger partial charge in [0.15, 0.2) is 0 Å². The van der Waals surface area contributed by atoms with Crippen molar-refractivity contribution in [1.29, 1.82) is 0 Å². The largest absolute Gasteiger partial charge is 0.462 e. The van der Waals surface area contributed by atoms with Crippen molar-refractivity contribution in [2.75, 3.05) is 6.61 Å². The molecule has 3 aromatic rings. The second-order valence-electron chi connectivity index (χ2n) is 6.46. The third-order valence-corrected chi connectivity index (χ3v) is 4.33. The summed E-state index contributed by atoms with van der Waals surface area (Å²) in [5.74, 6) is -0.0337. The average molecular weight is 421 g/mol. The van der Waals surface area contributed by atoms with Crippen LogP contribution in [-0.2, 0) is 4.74 Å². The second kappa shape index (κ2) is 9.49. The van der Waals surface area contributed by atoms with E-state index in [1.807, 2.05) is 0 Å². The Kier molecular flexibility index (Phi) is 6.56. The van der Waals surface area contributed by atoms with Crippen molar-refractivity contribution in [2.45, 2.75) is 13.8 Å². The van der Waals surface area contributed by atoms with E-state index >= 15 is 0 Å². The molecule has 0 unspecified atom stereocenters. The van der Waals surface area contributed by atoms with Crippen LogP contribution in [0.4, 0.5) is 5.69 Å². The first-order valence-corrected chi connectivity index (χ1v) is 9.35. The number of furan rings is 1. The first kappa shape index (κ1) is 21.4. The van der Waals surface area contributed by atoms with Crippen LogP contribution in [0.15, 0.2) is 64.1 Å². The third kappa shape index (κ3) is 5.21. The van der Waals surface area contributed by atoms with Crippen molar-refractivity contribution >= 4 is 23.8 Å². The summed E-state index contributed by atoms with van der Waals surface area (Å²) in [6, 6.07) is 14.3. The first-order valence-electron chi connectivity index (χ1n) is 9.35. The van der Waals surface area contributed by atoms with Gasteiger partial charge < -0.3 is 9.15 Å². The van der Waals surface area contributed by atoms with Gasteiger partial charge in [-0.1, -0.05) is 18.2 Å². The highest BCUT2D eigenvalue weighted by atomic mass is 16.6. The topological polar surface area (TPSA) is 124 Å². The Hall–Kier alpha value is -4.27. The van der Waals surface area contributed by atoms with E-state index in [2.05, 4.69) is 10.5 Å². The van der Waals surface area contributed by atoms with E-state index in [0.717, 1.165) is 5.56 Å². The van der Waals surface area contributed by atoms with Gasteiger partial charge in [0.25, 0.3) is 11.6 Å². The molecule has 9 nitrogen and oxygen atoms in total. The second-order valence-corrected chi connectivity index (χ2v) is 6.46. The van der Waals surface area contributed by atoms with Crippen LogP contribution in [0.2, 0.25) is 0 Å². The summed E-state index contributed by atoms with van der Waals surface area (Å²) in [5.41, 5.74) is 3.95. The van der Waals surface area contributed by atoms with Crippen LogP contribution in [0, 0.1) is 17.0 Å². The van der Waals surface area contributed by atoms with Gasteiger partial charge in [-0.05, 0) is 44.2 Å². The summed E-state index contributed by atoms with van der Waals surface area (Å²) >= 11 is 0. The lowest BCUT2D eigenvalue weighted by molar-refractivity contribution is -0.385. The molecule has 2 aromatic carbocycles. The zero-order valence-corrected chi connectivity index (χ0v) is 16.8. The summed E-state index contributed by atoms with van der Waals surface area (Å²) in [4.78, 5) is 34.3. The van der Waals surface area contributed by atoms with Gasteiger partial charge in [-0.15, -0.1) is 0 Å². The van der Waals surface area contributed by atoms with Crippen LogP contribution in [-0.4, -0.2) is 29.6 Å². The predicted molar refractivity (Wildman–Crippen MR) is 113 cm³/mol. The molecule has 0 saturated heterocycles. The summed E-state index contributed by atoms with van der Waals surface area (Å²) in [6.07, 6.45) is 1.32. The van der Waals surface area contributed by atoms with E-state index < -0.39 is 16.8 Å². The molecule has 0 saturated carbocycles. The van der Waals surface area contributed by atoms with Crippen molar-refractivity contribution in [3.05, 3.63) is 87.2 Å². The number of nitrogens with one attached hydrogen (secondary N) is 1. The Balaban J connectivity index is 1.64. The maximum absolute atomic E-state index is 12.2. The van der Waals surface area contributed by atoms with Gasteiger partial charge >= 0.3 is 5.97 Å². The smallest absolute Gasteiger partial charge is 0.338 e. The maximum atomic E-state index is 12.2. The van der Waals surface area contributed by atoms with Gasteiger partial charge in [-0.2, -0.15) is 5.10 Å². The lowest BCUT2D eigenvalue weighted by atomic mass is 10.1. The number of ether oxygens (including phenoxy) is 1. The lowest BCUT2D eigenvalue weighted by Gasteiger charge is -2.02. The average Bonchev–Trinajstić information content (AvgIpc) is 3.23. The summed E-state index contributed by atoms with van der Waals surface area (Å²) in [5, 5.41) is 14.8. The minimum Gasteiger partial charge on any atom is -0.462 e. The van der Waals surface area contributed by atoms with E-state index in [9.17, 15) is 19.7 Å². The Morgan fingerprint density at radius 1 is 1.13 bits per heavy atom. The number of nitrogens with zero attached hydrogens (tertiary/aromatic N) is 2. The number of benzene rings is 2. The molecule has 1 aromatic heterocycles. The zero-order chi connectivity index (χ0) is 22.4. The van der Waals surface area contributed by atoms with Crippen LogP contribution in [0.1, 0.15) is 39.0 Å². The lowest BCUT2D eigenvalue weighted by Crippen LogP contribution is -2.17. The van der Waals surface area contributed by atoms with Crippen LogP contribution in [0.3, 0.4) is 0 Å². The maximum Gasteiger partial charge on any atom is 0.338 e. The van der Waals surface area contributed by atoms with Gasteiger partial charge in [0.05, 0.1) is 23.3 Å². The molecule has 0 fully saturated rings. The van der Waals surface area contributed by atoms with Crippen molar-refractivity contribution < 1.29 is 23.7 Å². The molecule has 1 heterocycles. The van der Waals surface area contributed by atoms with Gasteiger partial charge in [0.2, 0.25) is 0 Å². The van der Waals surface area contributed by atoms with Crippen molar-refractivity contribution in [1.82, 2.24) is 5.43 Å². The van der Waals surface area contributed by atoms with Gasteiger partial charge in [0, 0.05) is 22.8 Å². The SMILES string of the molecule is CCOC(=O)c1ccc(-c2ccc(/C=N/NC(=O)c3ccc(C)c([N+](=O)[O-])c3)o2)cc1. The Bertz CT molecular complexity index is 1150. The van der Waals surface area contributed by atoms with Gasteiger partial charge in [-0.3, -0.25) is 14.9 Å². The van der Waals surface area contributed by atoms with E-state index in [4.69, 9.17) is 9.15 Å². The third-order valence-electron chi connectivity index (χ3n) is 4.33. The van der Waals surface area contributed by atoms with E-state index in [1.165, 1.54) is 24.4 Å². The van der Waals surface area contributed by atoms with Crippen molar-refractivity contribution in [3.8, 4) is 11.3 Å². The predicted octanol–water partition coefficient (Wildman–Crippen LogP) is 4.10. The Labute approximate surface area is 177 Å². The quantitative estimate of drug-likeness (QED) is 0.265. The molecule has 9 heteroatoms. The fraction of sp³-hybridized carbons (Fsp3) is 0.136. The highest BCUT2D eigenvalue weighted by Crippen LogP contribution is 2.22. The number of hydrogen-bond acceptors (Lipinski definition) is 7. The van der Waals surface area contributed by atoms with E-state index in [1.54, 1.807) is 50.2 Å². The van der Waals surface area contributed by atoms with Gasteiger partial charge in [0.1, 0.15) is 11.5 Å². The molecule has 0 spiro atoms. The molecule has 158 valence electrons. The minimum atomic E-state index is -0.583. The number of esters is 1. The van der Waals surface area contributed by atoms with Crippen LogP contribution >= 0.6 is 0 Å². The molecule has 0 atom stereocenters. The van der Waals surface area contributed by atoms with Crippen LogP contribution < -0.4 is 5.43 Å². The fourth-order valence-corrected chi connectivity index (χ4v) is 2.73. The molecular formula is C22H19N3O6. The molecular weight excluding hydrogens is 402 g/mol. The monoisotopic (exact) mass is 421 g/mol. The molecule has 0 radical (unpaired) electrons. The van der Waals surface area contributed by atoms with Crippen LogP contribution in [0.5, 0.6) is 0 Å². The number of carbonyl (C=O) groups excluding carboxylic acids is 2. The van der Waals surface area contributed by atoms with Crippen molar-refractivity contribution in [2.24, 2.45) is 5.10 Å². The Morgan fingerprint density at radius 3 is 2.52 bits per heavy atom. The molecule has 0 bridgehead atoms. The van der Waals surface area contributed by atoms with E-state index in [0.29, 0.717) is 29.3 Å². The highest BCUT2D eigenvalue weighted by molar-refractivity contribution is 5.95. The zero-order valence-electron chi connectivity index (χ0n) is 16.8. The number of hydrazone groups is 1. The number of rotatable bonds is 7. The normalized spacial score (nSPS) is 10.8. The van der Waals surface area contributed by atoms with Crippen LogP contribution in [0.25, 0.3) is 11.3 Å². The molecule has 31 heavy (non-hydrogen) atoms. The highest BCUT2D eigenvalue weighted by Gasteiger charge is 2.14. The summed E-state index contributed by atoms with van der Waals surface area (Å²) in [7, 11) is 0. The summed E-state index contributed by atoms with van der Waals surface area (Å²) < 4.78 is 10.6. The van der Waals surface area contributed by atoms with Crippen molar-refractivity contribution in [3.63, 3.8) is 0 Å². The number of amides is 1. The number of carbonyl (C=O) groups is 2. The van der Waals surface area contributed by atoms with E-state index in [-0.39, 0.29) is 11.3 Å². The fourth-order valence-electron chi connectivity index (χ4n) is 2.73. The number of nitro benzene ring substituents is 1. The molecule has 0 aliphatic heterocycles.